The summed E-state index contributed by atoms with van der Waals surface area (Å²) >= 11 is 1.68. The first kappa shape index (κ1) is 16.0. The van der Waals surface area contributed by atoms with E-state index in [0.717, 1.165) is 29.5 Å². The van der Waals surface area contributed by atoms with Gasteiger partial charge in [-0.15, -0.1) is 11.3 Å². The van der Waals surface area contributed by atoms with Crippen LogP contribution in [0.15, 0.2) is 23.6 Å². The van der Waals surface area contributed by atoms with Crippen LogP contribution in [0.2, 0.25) is 0 Å². The van der Waals surface area contributed by atoms with Crippen molar-refractivity contribution in [3.63, 3.8) is 0 Å². The van der Waals surface area contributed by atoms with E-state index in [1.54, 1.807) is 11.3 Å². The number of aromatic nitrogens is 1. The summed E-state index contributed by atoms with van der Waals surface area (Å²) in [5.74, 6) is 1.44. The van der Waals surface area contributed by atoms with E-state index in [4.69, 9.17) is 4.74 Å². The van der Waals surface area contributed by atoms with Crippen molar-refractivity contribution in [2.24, 2.45) is 0 Å². The zero-order valence-corrected chi connectivity index (χ0v) is 14.1. The molecule has 0 bridgehead atoms. The van der Waals surface area contributed by atoms with Crippen LogP contribution in [-0.2, 0) is 13.2 Å². The summed E-state index contributed by atoms with van der Waals surface area (Å²) in [7, 11) is 0. The van der Waals surface area contributed by atoms with Gasteiger partial charge in [0.25, 0.3) is 0 Å². The molecule has 114 valence electrons. The molecule has 1 heterocycles. The summed E-state index contributed by atoms with van der Waals surface area (Å²) in [5.41, 5.74) is 3.48. The molecular weight excluding hydrogens is 280 g/mol. The summed E-state index contributed by atoms with van der Waals surface area (Å²) < 4.78 is 6.01. The molecule has 4 heteroatoms. The Bertz CT molecular complexity index is 578. The van der Waals surface area contributed by atoms with Gasteiger partial charge in [-0.3, -0.25) is 0 Å². The molecule has 1 N–H and O–H groups in total. The monoisotopic (exact) mass is 304 g/mol. The molecule has 0 unspecified atom stereocenters. The zero-order chi connectivity index (χ0) is 15.2. The van der Waals surface area contributed by atoms with Gasteiger partial charge in [0.1, 0.15) is 17.4 Å². The lowest BCUT2D eigenvalue weighted by atomic mass is 10.0. The quantitative estimate of drug-likeness (QED) is 0.829. The molecule has 2 rings (SSSR count). The van der Waals surface area contributed by atoms with Crippen LogP contribution in [0.3, 0.4) is 0 Å². The zero-order valence-electron chi connectivity index (χ0n) is 13.3. The van der Waals surface area contributed by atoms with E-state index >= 15 is 0 Å². The maximum absolute atomic E-state index is 6.01. The second-order valence-corrected chi connectivity index (χ2v) is 6.44. The Kier molecular flexibility index (Phi) is 5.76. The number of hydrogen-bond donors (Lipinski definition) is 1. The van der Waals surface area contributed by atoms with E-state index in [-0.39, 0.29) is 0 Å². The molecule has 1 aromatic carbocycles. The molecule has 0 radical (unpaired) electrons. The van der Waals surface area contributed by atoms with Crippen LogP contribution in [0.5, 0.6) is 5.75 Å². The Morgan fingerprint density at radius 1 is 1.33 bits per heavy atom. The topological polar surface area (TPSA) is 34.2 Å². The SMILES string of the molecule is CCNCc1nc(COc2cc(C)ccc2C(C)C)cs1. The summed E-state index contributed by atoms with van der Waals surface area (Å²) in [6.45, 7) is 10.9. The number of thiazole rings is 1. The van der Waals surface area contributed by atoms with E-state index in [2.05, 4.69) is 61.6 Å². The largest absolute Gasteiger partial charge is 0.487 e. The maximum atomic E-state index is 6.01. The van der Waals surface area contributed by atoms with Crippen molar-refractivity contribution in [1.82, 2.24) is 10.3 Å². The van der Waals surface area contributed by atoms with Crippen LogP contribution in [-0.4, -0.2) is 11.5 Å². The van der Waals surface area contributed by atoms with Gasteiger partial charge in [-0.05, 0) is 36.6 Å². The molecule has 0 fully saturated rings. The summed E-state index contributed by atoms with van der Waals surface area (Å²) in [6.07, 6.45) is 0. The van der Waals surface area contributed by atoms with Gasteiger partial charge >= 0.3 is 0 Å². The van der Waals surface area contributed by atoms with Crippen LogP contribution in [0.25, 0.3) is 0 Å². The molecule has 0 atom stereocenters. The minimum absolute atomic E-state index is 0.459. The minimum Gasteiger partial charge on any atom is -0.487 e. The molecule has 0 aliphatic heterocycles. The lowest BCUT2D eigenvalue weighted by Crippen LogP contribution is -2.11. The Morgan fingerprint density at radius 2 is 2.14 bits per heavy atom. The van der Waals surface area contributed by atoms with Crippen LogP contribution in [0, 0.1) is 6.92 Å². The Morgan fingerprint density at radius 3 is 2.86 bits per heavy atom. The third-order valence-corrected chi connectivity index (χ3v) is 4.19. The Balaban J connectivity index is 2.02. The number of benzene rings is 1. The molecule has 2 aromatic rings. The third kappa shape index (κ3) is 4.55. The normalized spacial score (nSPS) is 11.1. The molecule has 0 aliphatic carbocycles. The Hall–Kier alpha value is -1.39. The number of rotatable bonds is 7. The van der Waals surface area contributed by atoms with Crippen LogP contribution < -0.4 is 10.1 Å². The molecule has 21 heavy (non-hydrogen) atoms. The van der Waals surface area contributed by atoms with Crippen molar-refractivity contribution in [2.45, 2.75) is 46.8 Å². The maximum Gasteiger partial charge on any atom is 0.131 e. The first-order valence-electron chi connectivity index (χ1n) is 7.47. The van der Waals surface area contributed by atoms with E-state index in [0.29, 0.717) is 12.5 Å². The molecule has 1 aromatic heterocycles. The van der Waals surface area contributed by atoms with Gasteiger partial charge in [-0.2, -0.15) is 0 Å². The molecule has 0 spiro atoms. The highest BCUT2D eigenvalue weighted by Gasteiger charge is 2.09. The highest BCUT2D eigenvalue weighted by molar-refractivity contribution is 7.09. The molecule has 0 saturated heterocycles. The smallest absolute Gasteiger partial charge is 0.131 e. The predicted octanol–water partition coefficient (Wildman–Crippen LogP) is 4.26. The van der Waals surface area contributed by atoms with E-state index < -0.39 is 0 Å². The number of nitrogens with one attached hydrogen (secondary N) is 1. The number of ether oxygens (including phenoxy) is 1. The van der Waals surface area contributed by atoms with E-state index in [1.165, 1.54) is 11.1 Å². The van der Waals surface area contributed by atoms with Crippen LogP contribution >= 0.6 is 11.3 Å². The lowest BCUT2D eigenvalue weighted by Gasteiger charge is -2.14. The lowest BCUT2D eigenvalue weighted by molar-refractivity contribution is 0.297. The molecular formula is C17H24N2OS. The van der Waals surface area contributed by atoms with Crippen molar-refractivity contribution >= 4 is 11.3 Å². The van der Waals surface area contributed by atoms with Gasteiger partial charge in [0, 0.05) is 11.9 Å². The van der Waals surface area contributed by atoms with E-state index in [9.17, 15) is 0 Å². The first-order valence-corrected chi connectivity index (χ1v) is 8.35. The molecule has 0 saturated carbocycles. The average molecular weight is 304 g/mol. The van der Waals surface area contributed by atoms with Crippen molar-refractivity contribution < 1.29 is 4.74 Å². The number of aryl methyl sites for hydroxylation is 1. The highest BCUT2D eigenvalue weighted by atomic mass is 32.1. The fourth-order valence-corrected chi connectivity index (χ4v) is 2.87. The van der Waals surface area contributed by atoms with Gasteiger partial charge in [-0.25, -0.2) is 4.98 Å². The number of hydrogen-bond acceptors (Lipinski definition) is 4. The first-order chi connectivity index (χ1) is 10.1. The van der Waals surface area contributed by atoms with Gasteiger partial charge in [0.2, 0.25) is 0 Å². The Labute approximate surface area is 131 Å². The second kappa shape index (κ2) is 7.57. The predicted molar refractivity (Wildman–Crippen MR) is 89.1 cm³/mol. The second-order valence-electron chi connectivity index (χ2n) is 5.50. The van der Waals surface area contributed by atoms with Crippen molar-refractivity contribution in [1.29, 1.82) is 0 Å². The van der Waals surface area contributed by atoms with Crippen molar-refractivity contribution in [2.75, 3.05) is 6.54 Å². The fraction of sp³-hybridized carbons (Fsp3) is 0.471. The van der Waals surface area contributed by atoms with Crippen molar-refractivity contribution in [3.8, 4) is 5.75 Å². The standard InChI is InChI=1S/C17H24N2OS/c1-5-18-9-17-19-14(11-21-17)10-20-16-8-13(4)6-7-15(16)12(2)3/h6-8,11-12,18H,5,9-10H2,1-4H3. The minimum atomic E-state index is 0.459. The van der Waals surface area contributed by atoms with Gasteiger partial charge in [-0.1, -0.05) is 32.9 Å². The fourth-order valence-electron chi connectivity index (χ4n) is 2.12. The van der Waals surface area contributed by atoms with Gasteiger partial charge < -0.3 is 10.1 Å². The van der Waals surface area contributed by atoms with Gasteiger partial charge in [0.15, 0.2) is 0 Å². The third-order valence-electron chi connectivity index (χ3n) is 3.29. The van der Waals surface area contributed by atoms with Crippen molar-refractivity contribution in [3.05, 3.63) is 45.4 Å². The van der Waals surface area contributed by atoms with Crippen LogP contribution in [0.1, 0.15) is 48.5 Å². The molecule has 3 nitrogen and oxygen atoms in total. The summed E-state index contributed by atoms with van der Waals surface area (Å²) in [4.78, 5) is 4.59. The summed E-state index contributed by atoms with van der Waals surface area (Å²) in [5, 5.41) is 6.49. The molecule has 0 aliphatic rings. The average Bonchev–Trinajstić information content (AvgIpc) is 2.90. The van der Waals surface area contributed by atoms with Gasteiger partial charge in [0.05, 0.1) is 5.69 Å². The number of nitrogens with zero attached hydrogens (tertiary/aromatic N) is 1. The summed E-state index contributed by atoms with van der Waals surface area (Å²) in [6, 6.07) is 6.41. The van der Waals surface area contributed by atoms with E-state index in [1.807, 2.05) is 0 Å². The highest BCUT2D eigenvalue weighted by Crippen LogP contribution is 2.28. The van der Waals surface area contributed by atoms with Crippen LogP contribution in [0.4, 0.5) is 0 Å². The molecule has 0 amide bonds.